The van der Waals surface area contributed by atoms with E-state index >= 15 is 0 Å². The molecule has 1 N–H and O–H groups in total. The Hall–Kier alpha value is -2.33. The number of hydrogen-bond acceptors (Lipinski definition) is 3. The van der Waals surface area contributed by atoms with Gasteiger partial charge in [-0.3, -0.25) is 4.40 Å². The number of aryl methyl sites for hydroxylation is 2. The molecule has 1 aromatic carbocycles. The normalized spacial score (nSPS) is 11.0. The van der Waals surface area contributed by atoms with Crippen LogP contribution in [0.4, 0.5) is 0 Å². The number of pyridine rings is 1. The molecule has 0 aliphatic heterocycles. The largest absolute Gasteiger partial charge is 0.437 e. The van der Waals surface area contributed by atoms with Gasteiger partial charge in [-0.2, -0.15) is 4.98 Å². The number of ether oxygens (including phenoxy) is 1. The van der Waals surface area contributed by atoms with E-state index in [9.17, 15) is 0 Å². The van der Waals surface area contributed by atoms with Crippen LogP contribution in [0.3, 0.4) is 0 Å². The number of nitrogens with zero attached hydrogens (tertiary/aromatic N) is 2. The fraction of sp³-hybridized carbons (Fsp3) is 0.235. The third-order valence-corrected chi connectivity index (χ3v) is 3.47. The van der Waals surface area contributed by atoms with Gasteiger partial charge < -0.3 is 10.1 Å². The molecule has 0 unspecified atom stereocenters. The van der Waals surface area contributed by atoms with Gasteiger partial charge in [0.05, 0.1) is 0 Å². The summed E-state index contributed by atoms with van der Waals surface area (Å²) in [6.07, 6.45) is 2.00. The van der Waals surface area contributed by atoms with E-state index in [1.807, 2.05) is 37.5 Å². The lowest BCUT2D eigenvalue weighted by molar-refractivity contribution is 0.453. The highest BCUT2D eigenvalue weighted by Crippen LogP contribution is 2.28. The maximum Gasteiger partial charge on any atom is 0.242 e. The predicted molar refractivity (Wildman–Crippen MR) is 83.9 cm³/mol. The molecule has 0 bridgehead atoms. The van der Waals surface area contributed by atoms with Crippen LogP contribution in [-0.4, -0.2) is 16.4 Å². The first-order valence-corrected chi connectivity index (χ1v) is 7.04. The van der Waals surface area contributed by atoms with E-state index in [2.05, 4.69) is 40.7 Å². The van der Waals surface area contributed by atoms with Crippen molar-refractivity contribution in [3.63, 3.8) is 0 Å². The fourth-order valence-electron chi connectivity index (χ4n) is 2.45. The van der Waals surface area contributed by atoms with Crippen molar-refractivity contribution in [2.45, 2.75) is 20.4 Å². The van der Waals surface area contributed by atoms with E-state index in [1.54, 1.807) is 0 Å². The van der Waals surface area contributed by atoms with Crippen LogP contribution >= 0.6 is 0 Å². The molecule has 3 aromatic rings. The van der Waals surface area contributed by atoms with Gasteiger partial charge in [0.15, 0.2) is 0 Å². The Morgan fingerprint density at radius 2 is 2.05 bits per heavy atom. The summed E-state index contributed by atoms with van der Waals surface area (Å²) in [5.74, 6) is 1.50. The first-order valence-electron chi connectivity index (χ1n) is 7.04. The average molecular weight is 281 g/mol. The highest BCUT2D eigenvalue weighted by molar-refractivity contribution is 5.47. The zero-order valence-electron chi connectivity index (χ0n) is 12.6. The number of benzene rings is 1. The first-order chi connectivity index (χ1) is 10.2. The minimum Gasteiger partial charge on any atom is -0.437 e. The highest BCUT2D eigenvalue weighted by atomic mass is 16.5. The van der Waals surface area contributed by atoms with E-state index in [0.717, 1.165) is 22.7 Å². The molecule has 0 fully saturated rings. The van der Waals surface area contributed by atoms with Crippen LogP contribution in [0.5, 0.6) is 11.6 Å². The molecule has 4 nitrogen and oxygen atoms in total. The Kier molecular flexibility index (Phi) is 3.62. The van der Waals surface area contributed by atoms with Crippen molar-refractivity contribution in [3.8, 4) is 11.6 Å². The summed E-state index contributed by atoms with van der Waals surface area (Å²) in [5.41, 5.74) is 4.25. The van der Waals surface area contributed by atoms with Crippen molar-refractivity contribution in [1.29, 1.82) is 0 Å². The van der Waals surface area contributed by atoms with Gasteiger partial charge in [-0.25, -0.2) is 0 Å². The topological polar surface area (TPSA) is 38.6 Å². The fourth-order valence-corrected chi connectivity index (χ4v) is 2.45. The predicted octanol–water partition coefficient (Wildman–Crippen LogP) is 3.46. The number of aromatic nitrogens is 2. The molecule has 0 atom stereocenters. The van der Waals surface area contributed by atoms with Crippen LogP contribution in [0.2, 0.25) is 0 Å². The summed E-state index contributed by atoms with van der Waals surface area (Å²) in [6.45, 7) is 4.83. The summed E-state index contributed by atoms with van der Waals surface area (Å²) < 4.78 is 8.11. The van der Waals surface area contributed by atoms with Crippen LogP contribution in [0.15, 0.2) is 42.6 Å². The molecule has 2 heterocycles. The summed E-state index contributed by atoms with van der Waals surface area (Å²) in [7, 11) is 1.92. The molecule has 0 aliphatic rings. The molecule has 3 rings (SSSR count). The van der Waals surface area contributed by atoms with Crippen molar-refractivity contribution in [1.82, 2.24) is 14.7 Å². The van der Waals surface area contributed by atoms with E-state index in [1.165, 1.54) is 5.56 Å². The maximum atomic E-state index is 6.06. The molecular formula is C17H19N3O. The van der Waals surface area contributed by atoms with Gasteiger partial charge >= 0.3 is 0 Å². The first kappa shape index (κ1) is 13.6. The Balaban J connectivity index is 2.05. The van der Waals surface area contributed by atoms with Gasteiger partial charge in [-0.15, -0.1) is 0 Å². The summed E-state index contributed by atoms with van der Waals surface area (Å²) in [6, 6.07) is 12.1. The van der Waals surface area contributed by atoms with Crippen LogP contribution in [0.1, 0.15) is 16.8 Å². The quantitative estimate of drug-likeness (QED) is 0.796. The van der Waals surface area contributed by atoms with Gasteiger partial charge in [-0.05, 0) is 44.7 Å². The molecule has 0 aliphatic carbocycles. The Morgan fingerprint density at radius 1 is 1.19 bits per heavy atom. The Bertz CT molecular complexity index is 777. The minimum atomic E-state index is 0.655. The Morgan fingerprint density at radius 3 is 2.81 bits per heavy atom. The standard InChI is InChI=1S/C17H19N3O/c1-12-7-8-15(13(2)10-12)21-17-14(11-18-3)20-9-5-4-6-16(20)19-17/h4-10,18H,11H2,1-3H3. The number of imidazole rings is 1. The highest BCUT2D eigenvalue weighted by Gasteiger charge is 2.14. The van der Waals surface area contributed by atoms with Gasteiger partial charge in [-0.1, -0.05) is 23.8 Å². The molecule has 4 heteroatoms. The number of hydrogen-bond donors (Lipinski definition) is 1. The third-order valence-electron chi connectivity index (χ3n) is 3.47. The zero-order valence-corrected chi connectivity index (χ0v) is 12.6. The maximum absolute atomic E-state index is 6.06. The van der Waals surface area contributed by atoms with Crippen molar-refractivity contribution < 1.29 is 4.74 Å². The number of nitrogens with one attached hydrogen (secondary N) is 1. The SMILES string of the molecule is CNCc1c(Oc2ccc(C)cc2C)nc2ccccn12. The molecule has 2 aromatic heterocycles. The second-order valence-electron chi connectivity index (χ2n) is 5.19. The lowest BCUT2D eigenvalue weighted by atomic mass is 10.1. The zero-order chi connectivity index (χ0) is 14.8. The van der Waals surface area contributed by atoms with Gasteiger partial charge in [0.2, 0.25) is 5.88 Å². The van der Waals surface area contributed by atoms with Crippen molar-refractivity contribution in [2.75, 3.05) is 7.05 Å². The lowest BCUT2D eigenvalue weighted by Gasteiger charge is -2.09. The lowest BCUT2D eigenvalue weighted by Crippen LogP contribution is -2.08. The molecule has 0 spiro atoms. The van der Waals surface area contributed by atoms with Crippen molar-refractivity contribution in [3.05, 3.63) is 59.4 Å². The molecular weight excluding hydrogens is 262 g/mol. The second kappa shape index (κ2) is 5.58. The monoisotopic (exact) mass is 281 g/mol. The van der Waals surface area contributed by atoms with Gasteiger partial charge in [0, 0.05) is 12.7 Å². The molecule has 108 valence electrons. The van der Waals surface area contributed by atoms with E-state index in [4.69, 9.17) is 4.74 Å². The van der Waals surface area contributed by atoms with Crippen LogP contribution in [0, 0.1) is 13.8 Å². The van der Waals surface area contributed by atoms with E-state index in [-0.39, 0.29) is 0 Å². The summed E-state index contributed by atoms with van der Waals surface area (Å²) >= 11 is 0. The van der Waals surface area contributed by atoms with Crippen LogP contribution in [-0.2, 0) is 6.54 Å². The molecule has 21 heavy (non-hydrogen) atoms. The smallest absolute Gasteiger partial charge is 0.242 e. The molecule has 0 saturated carbocycles. The number of fused-ring (bicyclic) bond motifs is 1. The average Bonchev–Trinajstić information content (AvgIpc) is 2.81. The minimum absolute atomic E-state index is 0.655. The second-order valence-corrected chi connectivity index (χ2v) is 5.19. The molecule has 0 saturated heterocycles. The Labute approximate surface area is 124 Å². The van der Waals surface area contributed by atoms with Crippen LogP contribution in [0.25, 0.3) is 5.65 Å². The summed E-state index contributed by atoms with van der Waals surface area (Å²) in [5, 5.41) is 3.17. The molecule has 0 amide bonds. The third kappa shape index (κ3) is 2.62. The van der Waals surface area contributed by atoms with Crippen molar-refractivity contribution in [2.24, 2.45) is 0 Å². The van der Waals surface area contributed by atoms with E-state index in [0.29, 0.717) is 12.4 Å². The summed E-state index contributed by atoms with van der Waals surface area (Å²) in [4.78, 5) is 4.59. The van der Waals surface area contributed by atoms with Crippen molar-refractivity contribution >= 4 is 5.65 Å². The van der Waals surface area contributed by atoms with Gasteiger partial charge in [0.25, 0.3) is 0 Å². The van der Waals surface area contributed by atoms with Crippen LogP contribution < -0.4 is 10.1 Å². The van der Waals surface area contributed by atoms with E-state index < -0.39 is 0 Å². The van der Waals surface area contributed by atoms with Gasteiger partial charge in [0.1, 0.15) is 17.1 Å². The molecule has 0 radical (unpaired) electrons. The number of rotatable bonds is 4.